The van der Waals surface area contributed by atoms with E-state index >= 15 is 0 Å². The highest BCUT2D eigenvalue weighted by atomic mass is 35.5. The van der Waals surface area contributed by atoms with Crippen LogP contribution in [-0.2, 0) is 0 Å². The van der Waals surface area contributed by atoms with Crippen LogP contribution in [0.25, 0.3) is 0 Å². The van der Waals surface area contributed by atoms with Crippen LogP contribution in [0.4, 0.5) is 0 Å². The lowest BCUT2D eigenvalue weighted by molar-refractivity contribution is 0.285. The Balaban J connectivity index is 0.000000853. The second-order valence-electron chi connectivity index (χ2n) is 4.06. The van der Waals surface area contributed by atoms with Crippen molar-refractivity contribution in [3.05, 3.63) is 11.1 Å². The van der Waals surface area contributed by atoms with Gasteiger partial charge in [-0.05, 0) is 18.2 Å². The van der Waals surface area contributed by atoms with E-state index in [0.29, 0.717) is 18.0 Å². The van der Waals surface area contributed by atoms with Crippen molar-refractivity contribution in [1.82, 2.24) is 4.90 Å². The summed E-state index contributed by atoms with van der Waals surface area (Å²) in [5, 5.41) is 3.34. The number of fused-ring (bicyclic) bond motifs is 3. The lowest BCUT2D eigenvalue weighted by Gasteiger charge is -2.31. The van der Waals surface area contributed by atoms with Crippen LogP contribution in [0.1, 0.15) is 25.7 Å². The third kappa shape index (κ3) is 1.79. The van der Waals surface area contributed by atoms with E-state index in [0.717, 1.165) is 0 Å². The monoisotopic (exact) mass is 264 g/mol. The molecule has 15 heavy (non-hydrogen) atoms. The fraction of sp³-hybridized carbons (Fsp3) is 0.700. The predicted molar refractivity (Wildman–Crippen MR) is 69.0 cm³/mol. The normalized spacial score (nSPS) is 32.7. The number of aliphatic imine (C=N–C) groups is 1. The van der Waals surface area contributed by atoms with E-state index in [9.17, 15) is 0 Å². The molecule has 3 aliphatic rings. The maximum absolute atomic E-state index is 5.93. The first-order valence-electron chi connectivity index (χ1n) is 5.19. The van der Waals surface area contributed by atoms with Crippen LogP contribution in [0.3, 0.4) is 0 Å². The molecular formula is C10H14Cl2N2S. The first-order valence-corrected chi connectivity index (χ1v) is 6.60. The summed E-state index contributed by atoms with van der Waals surface area (Å²) in [6, 6.07) is 1.18. The van der Waals surface area contributed by atoms with Crippen molar-refractivity contribution in [2.45, 2.75) is 37.8 Å². The summed E-state index contributed by atoms with van der Waals surface area (Å²) in [5.74, 6) is 0.620. The second-order valence-corrected chi connectivity index (χ2v) is 5.17. The average Bonchev–Trinajstić information content (AvgIpc) is 2.75. The topological polar surface area (TPSA) is 15.6 Å². The van der Waals surface area contributed by atoms with Crippen LogP contribution in [0.5, 0.6) is 0 Å². The van der Waals surface area contributed by atoms with Crippen LogP contribution in [-0.4, -0.2) is 28.0 Å². The van der Waals surface area contributed by atoms with Gasteiger partial charge in [0.1, 0.15) is 0 Å². The summed E-state index contributed by atoms with van der Waals surface area (Å²) in [7, 11) is 0. The lowest BCUT2D eigenvalue weighted by atomic mass is 9.91. The van der Waals surface area contributed by atoms with E-state index in [1.165, 1.54) is 36.5 Å². The number of alkyl halides is 1. The highest BCUT2D eigenvalue weighted by Crippen LogP contribution is 2.40. The van der Waals surface area contributed by atoms with E-state index in [1.54, 1.807) is 11.8 Å². The molecule has 0 radical (unpaired) electrons. The Bertz CT molecular complexity index is 317. The Kier molecular flexibility index (Phi) is 3.53. The van der Waals surface area contributed by atoms with Gasteiger partial charge >= 0.3 is 0 Å². The van der Waals surface area contributed by atoms with Gasteiger partial charge in [-0.25, -0.2) is 0 Å². The van der Waals surface area contributed by atoms with E-state index in [-0.39, 0.29) is 12.4 Å². The minimum absolute atomic E-state index is 0. The minimum Gasteiger partial charge on any atom is -0.318 e. The van der Waals surface area contributed by atoms with Gasteiger partial charge < -0.3 is 4.90 Å². The Labute approximate surface area is 106 Å². The first kappa shape index (κ1) is 11.6. The predicted octanol–water partition coefficient (Wildman–Crippen LogP) is 3.22. The highest BCUT2D eigenvalue weighted by molar-refractivity contribution is 8.16. The number of allylic oxidation sites excluding steroid dienone is 1. The van der Waals surface area contributed by atoms with Gasteiger partial charge in [-0.3, -0.25) is 4.99 Å². The molecule has 2 heterocycles. The number of amidine groups is 1. The van der Waals surface area contributed by atoms with Gasteiger partial charge in [-0.2, -0.15) is 0 Å². The smallest absolute Gasteiger partial charge is 0.168 e. The Morgan fingerprint density at radius 2 is 2.27 bits per heavy atom. The number of rotatable bonds is 1. The van der Waals surface area contributed by atoms with Crippen molar-refractivity contribution in [1.29, 1.82) is 0 Å². The van der Waals surface area contributed by atoms with Gasteiger partial charge in [-0.1, -0.05) is 24.6 Å². The Hall–Kier alpha value is 0.140. The largest absolute Gasteiger partial charge is 0.318 e. The summed E-state index contributed by atoms with van der Waals surface area (Å²) in [5.41, 5.74) is 1.25. The number of hydrogen-bond acceptors (Lipinski definition) is 3. The molecule has 0 aromatic heterocycles. The van der Waals surface area contributed by atoms with Crippen molar-refractivity contribution in [3.8, 4) is 0 Å². The maximum atomic E-state index is 5.93. The maximum Gasteiger partial charge on any atom is 0.168 e. The number of nitrogens with zero attached hydrogens (tertiary/aromatic N) is 2. The molecule has 0 aromatic rings. The molecule has 0 amide bonds. The minimum atomic E-state index is 0. The Morgan fingerprint density at radius 3 is 3.07 bits per heavy atom. The summed E-state index contributed by atoms with van der Waals surface area (Å²) in [6.07, 6.45) is 5.24. The van der Waals surface area contributed by atoms with Crippen LogP contribution in [0, 0.1) is 0 Å². The molecule has 2 aliphatic heterocycles. The van der Waals surface area contributed by atoms with Crippen molar-refractivity contribution in [2.75, 3.05) is 5.88 Å². The van der Waals surface area contributed by atoms with Crippen molar-refractivity contribution >= 4 is 40.9 Å². The van der Waals surface area contributed by atoms with Crippen LogP contribution >= 0.6 is 35.8 Å². The first-order chi connectivity index (χ1) is 6.90. The summed E-state index contributed by atoms with van der Waals surface area (Å²) in [6.45, 7) is 0. The number of halogens is 2. The van der Waals surface area contributed by atoms with Gasteiger partial charge in [0, 0.05) is 5.70 Å². The molecule has 0 unspecified atom stereocenters. The van der Waals surface area contributed by atoms with Crippen molar-refractivity contribution in [3.63, 3.8) is 0 Å². The molecule has 1 saturated carbocycles. The second kappa shape index (κ2) is 4.56. The molecule has 1 aliphatic carbocycles. The average molecular weight is 265 g/mol. The molecule has 0 saturated heterocycles. The Morgan fingerprint density at radius 1 is 1.47 bits per heavy atom. The van der Waals surface area contributed by atoms with Gasteiger partial charge in [0.15, 0.2) is 5.17 Å². The molecule has 0 aromatic carbocycles. The molecule has 2 nitrogen and oxygen atoms in total. The van der Waals surface area contributed by atoms with Crippen molar-refractivity contribution in [2.24, 2.45) is 4.99 Å². The van der Waals surface area contributed by atoms with E-state index < -0.39 is 0 Å². The molecule has 2 atom stereocenters. The molecule has 5 heteroatoms. The molecule has 0 spiro atoms. The van der Waals surface area contributed by atoms with E-state index in [1.807, 2.05) is 0 Å². The quantitative estimate of drug-likeness (QED) is 0.676. The fourth-order valence-corrected chi connectivity index (χ4v) is 3.88. The SMILES string of the molecule is Cl.ClCC1=CSC2=N[C@H]3CCCC[C@H]3N12. The van der Waals surface area contributed by atoms with Gasteiger partial charge in [0.05, 0.1) is 18.0 Å². The number of thioether (sulfide) groups is 1. The summed E-state index contributed by atoms with van der Waals surface area (Å²) >= 11 is 7.67. The third-order valence-corrected chi connectivity index (χ3v) is 4.43. The van der Waals surface area contributed by atoms with Crippen LogP contribution < -0.4 is 0 Å². The van der Waals surface area contributed by atoms with Crippen LogP contribution in [0.15, 0.2) is 16.1 Å². The van der Waals surface area contributed by atoms with E-state index in [2.05, 4.69) is 10.3 Å². The van der Waals surface area contributed by atoms with Crippen LogP contribution in [0.2, 0.25) is 0 Å². The standard InChI is InChI=1S/C10H13ClN2S.ClH/c11-5-7-6-14-10-12-8-3-1-2-4-9(8)13(7)10;/h6,8-9H,1-5H2;1H/t8-,9+;/m0./s1. The van der Waals surface area contributed by atoms with E-state index in [4.69, 9.17) is 16.6 Å². The summed E-state index contributed by atoms with van der Waals surface area (Å²) in [4.78, 5) is 7.14. The number of hydrogen-bond donors (Lipinski definition) is 0. The molecule has 0 N–H and O–H groups in total. The third-order valence-electron chi connectivity index (χ3n) is 3.25. The zero-order valence-corrected chi connectivity index (χ0v) is 10.7. The van der Waals surface area contributed by atoms with Gasteiger partial charge in [-0.15, -0.1) is 24.0 Å². The van der Waals surface area contributed by atoms with Gasteiger partial charge in [0.2, 0.25) is 0 Å². The van der Waals surface area contributed by atoms with Gasteiger partial charge in [0.25, 0.3) is 0 Å². The molecule has 1 fully saturated rings. The molecular weight excluding hydrogens is 251 g/mol. The summed E-state index contributed by atoms with van der Waals surface area (Å²) < 4.78 is 0. The molecule has 3 rings (SSSR count). The zero-order chi connectivity index (χ0) is 9.54. The molecule has 0 bridgehead atoms. The highest BCUT2D eigenvalue weighted by Gasteiger charge is 2.41. The molecule has 84 valence electrons. The zero-order valence-electron chi connectivity index (χ0n) is 8.36. The van der Waals surface area contributed by atoms with Crippen molar-refractivity contribution < 1.29 is 0 Å². The lowest BCUT2D eigenvalue weighted by Crippen LogP contribution is -2.38. The fourth-order valence-electron chi connectivity index (χ4n) is 2.59.